The molecular weight excluding hydrogens is 416 g/mol. The minimum absolute atomic E-state index is 0.00106. The third kappa shape index (κ3) is 7.40. The molecule has 4 nitrogen and oxygen atoms in total. The molecule has 2 aromatic carbocycles. The van der Waals surface area contributed by atoms with Crippen molar-refractivity contribution < 1.29 is 9.59 Å². The standard InChI is InChI=1S/C27H36N2O2S/c1-3-25(27(31)28-23-12-8-5-9-13-23)29(19-18-22-10-6-4-7-11-22)26(30)20-32-24-16-14-21(2)15-17-24/h4,6-7,10-11,14-17,23,25H,3,5,8-9,12-13,18-20H2,1-2H3,(H,28,31)/t25-/m1/s1. The van der Waals surface area contributed by atoms with E-state index in [4.69, 9.17) is 0 Å². The van der Waals surface area contributed by atoms with Gasteiger partial charge in [0.2, 0.25) is 11.8 Å². The first-order valence-corrected chi connectivity index (χ1v) is 12.9. The molecule has 0 aromatic heterocycles. The first-order valence-electron chi connectivity index (χ1n) is 11.9. The SMILES string of the molecule is CC[C@H](C(=O)NC1CCCCC1)N(CCc1ccccc1)C(=O)CSc1ccc(C)cc1. The lowest BCUT2D eigenvalue weighted by atomic mass is 9.95. The van der Waals surface area contributed by atoms with Crippen molar-refractivity contribution in [1.29, 1.82) is 0 Å². The molecule has 3 rings (SSSR count). The van der Waals surface area contributed by atoms with Crippen LogP contribution in [-0.2, 0) is 16.0 Å². The zero-order valence-electron chi connectivity index (χ0n) is 19.4. The summed E-state index contributed by atoms with van der Waals surface area (Å²) < 4.78 is 0. The Morgan fingerprint density at radius 1 is 1.03 bits per heavy atom. The van der Waals surface area contributed by atoms with Gasteiger partial charge >= 0.3 is 0 Å². The van der Waals surface area contributed by atoms with Crippen molar-refractivity contribution in [2.24, 2.45) is 0 Å². The summed E-state index contributed by atoms with van der Waals surface area (Å²) in [5.41, 5.74) is 2.38. The normalized spacial score (nSPS) is 15.2. The van der Waals surface area contributed by atoms with E-state index in [2.05, 4.69) is 48.6 Å². The zero-order chi connectivity index (χ0) is 22.8. The van der Waals surface area contributed by atoms with Crippen molar-refractivity contribution in [3.63, 3.8) is 0 Å². The minimum atomic E-state index is -0.424. The predicted molar refractivity (Wildman–Crippen MR) is 133 cm³/mol. The molecule has 0 saturated heterocycles. The monoisotopic (exact) mass is 452 g/mol. The van der Waals surface area contributed by atoms with E-state index < -0.39 is 6.04 Å². The van der Waals surface area contributed by atoms with Crippen molar-refractivity contribution in [2.45, 2.75) is 75.8 Å². The van der Waals surface area contributed by atoms with E-state index in [1.807, 2.05) is 30.0 Å². The molecule has 172 valence electrons. The van der Waals surface area contributed by atoms with Crippen LogP contribution in [0, 0.1) is 6.92 Å². The van der Waals surface area contributed by atoms with Gasteiger partial charge < -0.3 is 10.2 Å². The van der Waals surface area contributed by atoms with Crippen LogP contribution in [0.15, 0.2) is 59.5 Å². The molecule has 5 heteroatoms. The first kappa shape index (κ1) is 24.4. The van der Waals surface area contributed by atoms with E-state index >= 15 is 0 Å². The number of thioether (sulfide) groups is 1. The lowest BCUT2D eigenvalue weighted by molar-refractivity contribution is -0.139. The molecule has 0 heterocycles. The van der Waals surface area contributed by atoms with Crippen LogP contribution in [0.2, 0.25) is 0 Å². The average Bonchev–Trinajstić information content (AvgIpc) is 2.82. The van der Waals surface area contributed by atoms with Crippen LogP contribution in [0.5, 0.6) is 0 Å². The number of nitrogens with zero attached hydrogens (tertiary/aromatic N) is 1. The summed E-state index contributed by atoms with van der Waals surface area (Å²) >= 11 is 1.54. The number of rotatable bonds is 10. The fourth-order valence-electron chi connectivity index (χ4n) is 4.30. The van der Waals surface area contributed by atoms with E-state index in [9.17, 15) is 9.59 Å². The van der Waals surface area contributed by atoms with E-state index in [1.165, 1.54) is 42.2 Å². The minimum Gasteiger partial charge on any atom is -0.352 e. The van der Waals surface area contributed by atoms with Gasteiger partial charge in [-0.05, 0) is 50.3 Å². The third-order valence-electron chi connectivity index (χ3n) is 6.20. The lowest BCUT2D eigenvalue weighted by Crippen LogP contribution is -2.52. The van der Waals surface area contributed by atoms with Crippen LogP contribution in [0.25, 0.3) is 0 Å². The van der Waals surface area contributed by atoms with Gasteiger partial charge in [0, 0.05) is 17.5 Å². The van der Waals surface area contributed by atoms with Crippen LogP contribution < -0.4 is 5.32 Å². The maximum Gasteiger partial charge on any atom is 0.243 e. The molecule has 1 aliphatic rings. The van der Waals surface area contributed by atoms with Gasteiger partial charge in [-0.25, -0.2) is 0 Å². The van der Waals surface area contributed by atoms with Gasteiger partial charge in [-0.3, -0.25) is 9.59 Å². The average molecular weight is 453 g/mol. The van der Waals surface area contributed by atoms with E-state index in [0.29, 0.717) is 18.7 Å². The summed E-state index contributed by atoms with van der Waals surface area (Å²) in [5, 5.41) is 3.24. The number of benzene rings is 2. The number of nitrogens with one attached hydrogen (secondary N) is 1. The maximum absolute atomic E-state index is 13.3. The number of hydrogen-bond acceptors (Lipinski definition) is 3. The highest BCUT2D eigenvalue weighted by atomic mass is 32.2. The Balaban J connectivity index is 1.68. The summed E-state index contributed by atoms with van der Waals surface area (Å²) in [7, 11) is 0. The number of carbonyl (C=O) groups is 2. The molecule has 1 atom stereocenters. The predicted octanol–water partition coefficient (Wildman–Crippen LogP) is 5.39. The molecule has 0 unspecified atom stereocenters. The van der Waals surface area contributed by atoms with E-state index in [1.54, 1.807) is 0 Å². The molecule has 1 fully saturated rings. The van der Waals surface area contributed by atoms with Crippen molar-refractivity contribution in [1.82, 2.24) is 10.2 Å². The maximum atomic E-state index is 13.3. The molecule has 0 radical (unpaired) electrons. The Bertz CT molecular complexity index is 848. The number of carbonyl (C=O) groups excluding carboxylic acids is 2. The Morgan fingerprint density at radius 3 is 2.38 bits per heavy atom. The van der Waals surface area contributed by atoms with E-state index in [-0.39, 0.29) is 17.9 Å². The van der Waals surface area contributed by atoms with Crippen LogP contribution in [0.3, 0.4) is 0 Å². The van der Waals surface area contributed by atoms with Crippen molar-refractivity contribution in [3.05, 3.63) is 65.7 Å². The van der Waals surface area contributed by atoms with Gasteiger partial charge in [0.25, 0.3) is 0 Å². The van der Waals surface area contributed by atoms with Crippen molar-refractivity contribution in [3.8, 4) is 0 Å². The largest absolute Gasteiger partial charge is 0.352 e. The summed E-state index contributed by atoms with van der Waals surface area (Å²) in [5.74, 6) is 0.365. The van der Waals surface area contributed by atoms with Crippen molar-refractivity contribution >= 4 is 23.6 Å². The Hall–Kier alpha value is -2.27. The fraction of sp³-hybridized carbons (Fsp3) is 0.481. The highest BCUT2D eigenvalue weighted by Crippen LogP contribution is 2.21. The highest BCUT2D eigenvalue weighted by molar-refractivity contribution is 8.00. The lowest BCUT2D eigenvalue weighted by Gasteiger charge is -2.32. The number of aryl methyl sites for hydroxylation is 1. The quantitative estimate of drug-likeness (QED) is 0.492. The second kappa shape index (κ2) is 12.7. The second-order valence-electron chi connectivity index (χ2n) is 8.69. The summed E-state index contributed by atoms with van der Waals surface area (Å²) in [6.45, 7) is 4.61. The highest BCUT2D eigenvalue weighted by Gasteiger charge is 2.29. The number of amides is 2. The Morgan fingerprint density at radius 2 is 1.72 bits per heavy atom. The molecule has 32 heavy (non-hydrogen) atoms. The Labute approximate surface area is 197 Å². The van der Waals surface area contributed by atoms with Gasteiger partial charge in [0.05, 0.1) is 5.75 Å². The Kier molecular flexibility index (Phi) is 9.66. The van der Waals surface area contributed by atoms with Gasteiger partial charge in [-0.1, -0.05) is 74.2 Å². The van der Waals surface area contributed by atoms with Gasteiger partial charge in [0.15, 0.2) is 0 Å². The number of hydrogen-bond donors (Lipinski definition) is 1. The summed E-state index contributed by atoms with van der Waals surface area (Å²) in [6.07, 6.45) is 7.05. The van der Waals surface area contributed by atoms with Gasteiger partial charge in [-0.15, -0.1) is 11.8 Å². The van der Waals surface area contributed by atoms with Crippen LogP contribution >= 0.6 is 11.8 Å². The molecule has 1 N–H and O–H groups in total. The van der Waals surface area contributed by atoms with Crippen LogP contribution in [0.4, 0.5) is 0 Å². The first-order chi connectivity index (χ1) is 15.6. The molecule has 1 saturated carbocycles. The molecular formula is C27H36N2O2S. The summed E-state index contributed by atoms with van der Waals surface area (Å²) in [4.78, 5) is 29.4. The zero-order valence-corrected chi connectivity index (χ0v) is 20.2. The molecule has 0 spiro atoms. The topological polar surface area (TPSA) is 49.4 Å². The van der Waals surface area contributed by atoms with E-state index in [0.717, 1.165) is 24.2 Å². The fourth-order valence-corrected chi connectivity index (χ4v) is 5.09. The van der Waals surface area contributed by atoms with Gasteiger partial charge in [-0.2, -0.15) is 0 Å². The second-order valence-corrected chi connectivity index (χ2v) is 9.74. The van der Waals surface area contributed by atoms with Gasteiger partial charge in [0.1, 0.15) is 6.04 Å². The molecule has 0 aliphatic heterocycles. The molecule has 2 aromatic rings. The van der Waals surface area contributed by atoms with Crippen LogP contribution in [0.1, 0.15) is 56.6 Å². The smallest absolute Gasteiger partial charge is 0.243 e. The summed E-state index contributed by atoms with van der Waals surface area (Å²) in [6, 6.07) is 18.2. The molecule has 1 aliphatic carbocycles. The third-order valence-corrected chi connectivity index (χ3v) is 7.20. The van der Waals surface area contributed by atoms with Crippen LogP contribution in [-0.4, -0.2) is 41.1 Å². The molecule has 0 bridgehead atoms. The molecule has 2 amide bonds. The van der Waals surface area contributed by atoms with Crippen molar-refractivity contribution in [2.75, 3.05) is 12.3 Å².